The average molecular weight is 420 g/mol. The Labute approximate surface area is 167 Å². The van der Waals surface area contributed by atoms with Gasteiger partial charge in [-0.05, 0) is 43.6 Å². The Hall–Kier alpha value is -2.21. The summed E-state index contributed by atoms with van der Waals surface area (Å²) < 4.78 is 25.5. The molecule has 5 N–H and O–H groups in total. The summed E-state index contributed by atoms with van der Waals surface area (Å²) in [6, 6.07) is 6.37. The Morgan fingerprint density at radius 3 is 2.79 bits per heavy atom. The number of fused-ring (bicyclic) bond motifs is 2. The van der Waals surface area contributed by atoms with Crippen molar-refractivity contribution in [2.75, 3.05) is 18.4 Å². The highest BCUT2D eigenvalue weighted by Gasteiger charge is 2.24. The predicted octanol–water partition coefficient (Wildman–Crippen LogP) is 1.46. The lowest BCUT2D eigenvalue weighted by Gasteiger charge is -2.31. The van der Waals surface area contributed by atoms with Crippen LogP contribution in [0.5, 0.6) is 0 Å². The molecular formula is C17H21N7O2S2. The van der Waals surface area contributed by atoms with Gasteiger partial charge in [0.05, 0.1) is 5.69 Å². The molecule has 0 saturated carbocycles. The van der Waals surface area contributed by atoms with Gasteiger partial charge in [0.15, 0.2) is 5.82 Å². The number of nitrogens with zero attached hydrogens (tertiary/aromatic N) is 4. The topological polar surface area (TPSA) is 140 Å². The molecule has 0 bridgehead atoms. The summed E-state index contributed by atoms with van der Waals surface area (Å²) in [6.07, 6.45) is 4.88. The fourth-order valence-electron chi connectivity index (χ4n) is 3.45. The van der Waals surface area contributed by atoms with E-state index in [0.29, 0.717) is 0 Å². The second kappa shape index (κ2) is 7.66. The first-order valence-electron chi connectivity index (χ1n) is 8.86. The Balaban J connectivity index is 1.39. The molecule has 1 aromatic carbocycles. The number of piperidine rings is 1. The van der Waals surface area contributed by atoms with Crippen molar-refractivity contribution < 1.29 is 8.42 Å². The quantitative estimate of drug-likeness (QED) is 0.426. The molecule has 1 fully saturated rings. The average Bonchev–Trinajstić information content (AvgIpc) is 2.65. The number of nitrogens with one attached hydrogen (secondary N) is 1. The molecule has 2 aliphatic heterocycles. The SMILES string of the molecule is N/C(=N\S(N)(=O)=O)C1CCN(Cc2ccc3c(c2)Nc2nccnc2S3)CC1. The molecule has 0 radical (unpaired) electrons. The van der Waals surface area contributed by atoms with E-state index in [9.17, 15) is 8.42 Å². The van der Waals surface area contributed by atoms with Gasteiger partial charge in [0.25, 0.3) is 0 Å². The standard InChI is InChI=1S/C17H21N7O2S2/c18-15(23-28(19,25)26)12-3-7-24(8-4-12)10-11-1-2-14-13(9-11)22-16-17(27-14)21-6-5-20-16/h1-2,5-6,9,12H,3-4,7-8,10H2,(H2,18,23)(H,20,22)(H2,19,25,26). The summed E-state index contributed by atoms with van der Waals surface area (Å²) in [7, 11) is -3.93. The maximum Gasteiger partial charge on any atom is 0.318 e. The highest BCUT2D eigenvalue weighted by Crippen LogP contribution is 2.42. The van der Waals surface area contributed by atoms with E-state index < -0.39 is 10.2 Å². The van der Waals surface area contributed by atoms with Crippen molar-refractivity contribution in [3.8, 4) is 0 Å². The summed E-state index contributed by atoms with van der Waals surface area (Å²) in [4.78, 5) is 12.1. The number of hydrogen-bond donors (Lipinski definition) is 3. The van der Waals surface area contributed by atoms with Gasteiger partial charge in [0, 0.05) is 29.8 Å². The van der Waals surface area contributed by atoms with Crippen LogP contribution in [0.1, 0.15) is 18.4 Å². The fraction of sp³-hybridized carbons (Fsp3) is 0.353. The van der Waals surface area contributed by atoms with Gasteiger partial charge < -0.3 is 11.1 Å². The van der Waals surface area contributed by atoms with Gasteiger partial charge in [0.1, 0.15) is 10.9 Å². The van der Waals surface area contributed by atoms with E-state index >= 15 is 0 Å². The number of aromatic nitrogens is 2. The third-order valence-corrected chi connectivity index (χ3v) is 6.35. The first-order chi connectivity index (χ1) is 13.4. The normalized spacial score (nSPS) is 18.2. The lowest BCUT2D eigenvalue weighted by molar-refractivity contribution is 0.201. The van der Waals surface area contributed by atoms with Gasteiger partial charge in [-0.3, -0.25) is 4.90 Å². The van der Waals surface area contributed by atoms with Crippen LogP contribution in [0.4, 0.5) is 11.5 Å². The van der Waals surface area contributed by atoms with Gasteiger partial charge in [-0.15, -0.1) is 4.40 Å². The van der Waals surface area contributed by atoms with Crippen LogP contribution in [0.3, 0.4) is 0 Å². The zero-order chi connectivity index (χ0) is 19.7. The molecular weight excluding hydrogens is 398 g/mol. The smallest absolute Gasteiger partial charge is 0.318 e. The number of amidine groups is 1. The van der Waals surface area contributed by atoms with E-state index in [-0.39, 0.29) is 11.8 Å². The van der Waals surface area contributed by atoms with Crippen molar-refractivity contribution in [2.24, 2.45) is 21.2 Å². The predicted molar refractivity (Wildman–Crippen MR) is 109 cm³/mol. The zero-order valence-corrected chi connectivity index (χ0v) is 16.7. The van der Waals surface area contributed by atoms with Gasteiger partial charge in [-0.1, -0.05) is 17.8 Å². The number of hydrogen-bond acceptors (Lipinski definition) is 7. The molecule has 3 heterocycles. The van der Waals surface area contributed by atoms with Crippen molar-refractivity contribution in [1.82, 2.24) is 14.9 Å². The molecule has 28 heavy (non-hydrogen) atoms. The molecule has 2 aliphatic rings. The van der Waals surface area contributed by atoms with Crippen molar-refractivity contribution in [3.05, 3.63) is 36.2 Å². The molecule has 1 saturated heterocycles. The van der Waals surface area contributed by atoms with Crippen LogP contribution in [-0.4, -0.2) is 42.2 Å². The number of likely N-dealkylation sites (tertiary alicyclic amines) is 1. The molecule has 0 aliphatic carbocycles. The molecule has 4 rings (SSSR count). The first-order valence-corrected chi connectivity index (χ1v) is 11.2. The van der Waals surface area contributed by atoms with Crippen molar-refractivity contribution in [2.45, 2.75) is 29.3 Å². The second-order valence-electron chi connectivity index (χ2n) is 6.85. The molecule has 1 aromatic heterocycles. The Kier molecular flexibility index (Phi) is 5.23. The van der Waals surface area contributed by atoms with Crippen molar-refractivity contribution in [1.29, 1.82) is 0 Å². The molecule has 0 unspecified atom stereocenters. The van der Waals surface area contributed by atoms with Crippen LogP contribution in [0.15, 0.2) is 44.9 Å². The minimum atomic E-state index is -3.93. The van der Waals surface area contributed by atoms with E-state index in [1.807, 2.05) is 0 Å². The Morgan fingerprint density at radius 1 is 1.29 bits per heavy atom. The van der Waals surface area contributed by atoms with Crippen LogP contribution < -0.4 is 16.2 Å². The molecule has 2 aromatic rings. The summed E-state index contributed by atoms with van der Waals surface area (Å²) in [5, 5.41) is 9.16. The van der Waals surface area contributed by atoms with Crippen LogP contribution in [-0.2, 0) is 16.8 Å². The molecule has 0 amide bonds. The second-order valence-corrected chi connectivity index (χ2v) is 9.09. The minimum Gasteiger partial charge on any atom is -0.386 e. The summed E-state index contributed by atoms with van der Waals surface area (Å²) >= 11 is 1.61. The van der Waals surface area contributed by atoms with Gasteiger partial charge in [-0.25, -0.2) is 15.1 Å². The van der Waals surface area contributed by atoms with Crippen LogP contribution >= 0.6 is 11.8 Å². The fourth-order valence-corrected chi connectivity index (χ4v) is 4.77. The van der Waals surface area contributed by atoms with E-state index in [1.54, 1.807) is 24.2 Å². The van der Waals surface area contributed by atoms with Gasteiger partial charge in [-0.2, -0.15) is 8.42 Å². The number of benzene rings is 1. The molecule has 0 atom stereocenters. The Morgan fingerprint density at radius 2 is 2.04 bits per heavy atom. The number of anilines is 2. The molecule has 11 heteroatoms. The molecule has 9 nitrogen and oxygen atoms in total. The van der Waals surface area contributed by atoms with Crippen LogP contribution in [0.25, 0.3) is 0 Å². The largest absolute Gasteiger partial charge is 0.386 e. The third-order valence-electron chi connectivity index (χ3n) is 4.81. The molecule has 0 spiro atoms. The first kappa shape index (κ1) is 19.1. The highest BCUT2D eigenvalue weighted by molar-refractivity contribution is 7.99. The molecule has 148 valence electrons. The lowest BCUT2D eigenvalue weighted by atomic mass is 9.95. The minimum absolute atomic E-state index is 0.0498. The van der Waals surface area contributed by atoms with Crippen molar-refractivity contribution in [3.63, 3.8) is 0 Å². The summed E-state index contributed by atoms with van der Waals surface area (Å²) in [5.41, 5.74) is 8.03. The lowest BCUT2D eigenvalue weighted by Crippen LogP contribution is -2.38. The van der Waals surface area contributed by atoms with E-state index in [0.717, 1.165) is 53.9 Å². The maximum absolute atomic E-state index is 11.1. The van der Waals surface area contributed by atoms with Gasteiger partial charge in [0.2, 0.25) is 0 Å². The Bertz CT molecular complexity index is 1020. The number of rotatable bonds is 4. The monoisotopic (exact) mass is 419 g/mol. The van der Waals surface area contributed by atoms with Crippen LogP contribution in [0, 0.1) is 5.92 Å². The highest BCUT2D eigenvalue weighted by atomic mass is 32.2. The van der Waals surface area contributed by atoms with E-state index in [2.05, 4.69) is 42.8 Å². The van der Waals surface area contributed by atoms with E-state index in [1.165, 1.54) is 5.56 Å². The zero-order valence-electron chi connectivity index (χ0n) is 15.1. The van der Waals surface area contributed by atoms with Gasteiger partial charge >= 0.3 is 10.2 Å². The van der Waals surface area contributed by atoms with Crippen LogP contribution in [0.2, 0.25) is 0 Å². The van der Waals surface area contributed by atoms with Crippen molar-refractivity contribution >= 4 is 39.3 Å². The summed E-state index contributed by atoms with van der Waals surface area (Å²) in [6.45, 7) is 2.45. The third kappa shape index (κ3) is 4.43. The summed E-state index contributed by atoms with van der Waals surface area (Å²) in [5.74, 6) is 0.839. The van der Waals surface area contributed by atoms with E-state index in [4.69, 9.17) is 10.9 Å². The number of nitrogens with two attached hydrogens (primary N) is 2. The maximum atomic E-state index is 11.1.